The molecule has 0 saturated carbocycles. The molecule has 1 aromatic heterocycles. The zero-order valence-corrected chi connectivity index (χ0v) is 29.3. The molecule has 0 aliphatic carbocycles. The molecule has 1 aromatic rings. The molecule has 0 aromatic carbocycles. The molecule has 10 unspecified atom stereocenters. The van der Waals surface area contributed by atoms with Gasteiger partial charge in [0.1, 0.15) is 0 Å². The van der Waals surface area contributed by atoms with Crippen molar-refractivity contribution in [3.05, 3.63) is 12.0 Å². The maximum atomic E-state index is 15.2. The van der Waals surface area contributed by atoms with Gasteiger partial charge in [-0.1, -0.05) is 0 Å². The molecule has 0 bridgehead atoms. The van der Waals surface area contributed by atoms with Crippen LogP contribution in [0.1, 0.15) is 55.4 Å². The molecule has 10 atom stereocenters. The lowest BCUT2D eigenvalue weighted by Gasteiger charge is -2.43. The van der Waals surface area contributed by atoms with Crippen LogP contribution in [0.4, 0.5) is 4.39 Å². The second kappa shape index (κ2) is 18.2. The largest absolute Gasteiger partial charge is 0.454 e. The van der Waals surface area contributed by atoms with Crippen LogP contribution in [0.2, 0.25) is 0 Å². The highest BCUT2D eigenvalue weighted by atomic mass is 19.1. The van der Waals surface area contributed by atoms with Crippen LogP contribution in [0.5, 0.6) is 11.9 Å². The molecule has 0 radical (unpaired) electrons. The van der Waals surface area contributed by atoms with E-state index in [0.29, 0.717) is 6.20 Å². The van der Waals surface area contributed by atoms with E-state index in [1.54, 1.807) is 0 Å². The van der Waals surface area contributed by atoms with Crippen LogP contribution in [0.3, 0.4) is 0 Å². The molecule has 2 saturated heterocycles. The molecular weight excluding hydrogens is 727 g/mol. The maximum absolute atomic E-state index is 15.2. The first-order chi connectivity index (χ1) is 24.7. The van der Waals surface area contributed by atoms with Gasteiger partial charge in [0.05, 0.1) is 6.20 Å². The first-order valence-electron chi connectivity index (χ1n) is 15.3. The molecule has 3 heterocycles. The molecule has 22 nitrogen and oxygen atoms in total. The summed E-state index contributed by atoms with van der Waals surface area (Å²) in [6.07, 6.45) is -17.8. The average molecular weight is 763 g/mol. The number of carbonyl (C=O) groups is 8. The van der Waals surface area contributed by atoms with Crippen LogP contribution in [0, 0.1) is 5.82 Å². The predicted octanol–water partition coefficient (Wildman–Crippen LogP) is -0.545. The predicted molar refractivity (Wildman–Crippen MR) is 157 cm³/mol. The number of rotatable bonds is 12. The Morgan fingerprint density at radius 3 is 1.11 bits per heavy atom. The van der Waals surface area contributed by atoms with Gasteiger partial charge in [0.25, 0.3) is 5.88 Å². The third kappa shape index (κ3) is 11.9. The fraction of sp³-hybridized carbons (Fsp3) is 0.600. The summed E-state index contributed by atoms with van der Waals surface area (Å²) in [6, 6.07) is -0.816. The lowest BCUT2D eigenvalue weighted by molar-refractivity contribution is -0.330. The molecule has 0 spiro atoms. The molecule has 0 N–H and O–H groups in total. The molecule has 2 fully saturated rings. The van der Waals surface area contributed by atoms with Crippen molar-refractivity contribution in [1.29, 1.82) is 0 Å². The second-order valence-corrected chi connectivity index (χ2v) is 11.0. The Balaban J connectivity index is 2.06. The van der Waals surface area contributed by atoms with Crippen molar-refractivity contribution in [3.63, 3.8) is 0 Å². The molecule has 53 heavy (non-hydrogen) atoms. The Hall–Kier alpha value is -5.71. The summed E-state index contributed by atoms with van der Waals surface area (Å²) < 4.78 is 79.1. The van der Waals surface area contributed by atoms with Crippen LogP contribution in [-0.4, -0.2) is 120 Å². The Kier molecular flexibility index (Phi) is 14.3. The van der Waals surface area contributed by atoms with E-state index in [9.17, 15) is 38.4 Å². The van der Waals surface area contributed by atoms with Crippen molar-refractivity contribution in [1.82, 2.24) is 9.97 Å². The zero-order chi connectivity index (χ0) is 39.7. The Bertz CT molecular complexity index is 1590. The normalized spacial score (nSPS) is 27.8. The summed E-state index contributed by atoms with van der Waals surface area (Å²) in [5, 5.41) is 0. The van der Waals surface area contributed by atoms with Crippen LogP contribution in [0.15, 0.2) is 6.20 Å². The van der Waals surface area contributed by atoms with Gasteiger partial charge in [-0.05, 0) is 0 Å². The van der Waals surface area contributed by atoms with Crippen LogP contribution in [-0.2, 0) is 85.7 Å². The van der Waals surface area contributed by atoms with Crippen LogP contribution >= 0.6 is 0 Å². The molecule has 23 heteroatoms. The molecule has 292 valence electrons. The third-order valence-electron chi connectivity index (χ3n) is 6.42. The minimum Gasteiger partial charge on any atom is -0.454 e. The van der Waals surface area contributed by atoms with Gasteiger partial charge in [-0.3, -0.25) is 47.8 Å². The minimum absolute atomic E-state index is 0.508. The second-order valence-electron chi connectivity index (χ2n) is 11.0. The van der Waals surface area contributed by atoms with Crippen molar-refractivity contribution in [2.75, 3.05) is 0 Å². The van der Waals surface area contributed by atoms with Gasteiger partial charge < -0.3 is 47.4 Å². The van der Waals surface area contributed by atoms with E-state index in [4.69, 9.17) is 56.8 Å². The molecule has 0 amide bonds. The fourth-order valence-corrected chi connectivity index (χ4v) is 4.87. The lowest BCUT2D eigenvalue weighted by Crippen LogP contribution is -2.63. The number of ether oxygens (including phenoxy) is 12. The number of aromatic nitrogens is 2. The van der Waals surface area contributed by atoms with Gasteiger partial charge in [-0.2, -0.15) is 9.37 Å². The highest BCUT2D eigenvalue weighted by Crippen LogP contribution is 2.34. The van der Waals surface area contributed by atoms with E-state index < -0.39 is 127 Å². The Morgan fingerprint density at radius 1 is 0.472 bits per heavy atom. The van der Waals surface area contributed by atoms with E-state index in [-0.39, 0.29) is 0 Å². The van der Waals surface area contributed by atoms with Crippen molar-refractivity contribution >= 4 is 47.8 Å². The minimum atomic E-state index is -2.03. The van der Waals surface area contributed by atoms with Crippen molar-refractivity contribution in [3.8, 4) is 11.9 Å². The first-order valence-corrected chi connectivity index (χ1v) is 15.3. The zero-order valence-electron chi connectivity index (χ0n) is 29.3. The average Bonchev–Trinajstić information content (AvgIpc) is 3.00. The molecule has 2 aliphatic rings. The SMILES string of the molecule is CC(=O)OC1OC(Oc2ncc(F)c(OC3OC(OC(C)=O)C(OC(C)=O)C(OC(C)=O)C3OC(C)=O)n2)C(OC(C)=O)C(OC(C)=O)C1OC(C)=O. The highest BCUT2D eigenvalue weighted by molar-refractivity contribution is 5.70. The molecule has 3 rings (SSSR count). The number of hydrogen-bond acceptors (Lipinski definition) is 22. The van der Waals surface area contributed by atoms with Gasteiger partial charge in [0.2, 0.25) is 55.4 Å². The van der Waals surface area contributed by atoms with Crippen molar-refractivity contribution in [2.24, 2.45) is 0 Å². The summed E-state index contributed by atoms with van der Waals surface area (Å²) in [5.41, 5.74) is 0. The smallest absolute Gasteiger partial charge is 0.322 e. The standard InChI is InChI=1S/C30H35FN2O20/c1-10(34)42-19-21(44-12(3)36)26(48-16(7)40)51-28(23(19)46-14(5)38)50-25-18(31)9-32-30(33-25)53-29-24(47-15(6)39)20(43-11(2)35)22(45-13(4)37)27(52-29)49-17(8)41/h9,19-24,26-29H,1-8H3. The first kappa shape index (κ1) is 41.7. The van der Waals surface area contributed by atoms with E-state index >= 15 is 4.39 Å². The fourth-order valence-electron chi connectivity index (χ4n) is 4.87. The van der Waals surface area contributed by atoms with Gasteiger partial charge in [-0.25, -0.2) is 4.98 Å². The molecule has 2 aliphatic heterocycles. The summed E-state index contributed by atoms with van der Waals surface area (Å²) in [7, 11) is 0. The summed E-state index contributed by atoms with van der Waals surface area (Å²) >= 11 is 0. The Morgan fingerprint density at radius 2 is 0.774 bits per heavy atom. The topological polar surface area (TPSA) is 273 Å². The van der Waals surface area contributed by atoms with Crippen molar-refractivity contribution in [2.45, 2.75) is 117 Å². The maximum Gasteiger partial charge on any atom is 0.322 e. The van der Waals surface area contributed by atoms with Crippen LogP contribution < -0.4 is 9.47 Å². The summed E-state index contributed by atoms with van der Waals surface area (Å²) in [6.45, 7) is 7.71. The van der Waals surface area contributed by atoms with Crippen molar-refractivity contribution < 1.29 is 99.6 Å². The van der Waals surface area contributed by atoms with E-state index in [1.807, 2.05) is 0 Å². The lowest BCUT2D eigenvalue weighted by atomic mass is 10.0. The quantitative estimate of drug-likeness (QED) is 0.191. The number of nitrogens with zero attached hydrogens (tertiary/aromatic N) is 2. The molecular formula is C30H35FN2O20. The van der Waals surface area contributed by atoms with E-state index in [1.165, 1.54) is 0 Å². The number of halogens is 1. The third-order valence-corrected chi connectivity index (χ3v) is 6.42. The number of carbonyl (C=O) groups excluding carboxylic acids is 8. The Labute approximate surface area is 298 Å². The summed E-state index contributed by atoms with van der Waals surface area (Å²) in [4.78, 5) is 104. The van der Waals surface area contributed by atoms with Gasteiger partial charge >= 0.3 is 53.8 Å². The monoisotopic (exact) mass is 762 g/mol. The summed E-state index contributed by atoms with van der Waals surface area (Å²) in [5.74, 6) is -10.1. The van der Waals surface area contributed by atoms with Gasteiger partial charge in [0.15, 0.2) is 12.2 Å². The van der Waals surface area contributed by atoms with Gasteiger partial charge in [0, 0.05) is 55.4 Å². The van der Waals surface area contributed by atoms with E-state index in [0.717, 1.165) is 55.4 Å². The number of hydrogen-bond donors (Lipinski definition) is 0. The van der Waals surface area contributed by atoms with E-state index in [2.05, 4.69) is 9.97 Å². The number of esters is 8. The van der Waals surface area contributed by atoms with Gasteiger partial charge in [-0.15, -0.1) is 0 Å². The van der Waals surface area contributed by atoms with Crippen LogP contribution in [0.25, 0.3) is 0 Å². The highest BCUT2D eigenvalue weighted by Gasteiger charge is 2.56.